The third-order valence-corrected chi connectivity index (χ3v) is 3.62. The Hall–Kier alpha value is -2.33. The minimum Gasteiger partial charge on any atom is -0.310 e. The molecule has 0 bridgehead atoms. The van der Waals surface area contributed by atoms with Crippen LogP contribution in [-0.4, -0.2) is 21.7 Å². The molecule has 106 valence electrons. The summed E-state index contributed by atoms with van der Waals surface area (Å²) in [6.45, 7) is 3.03. The molecule has 1 unspecified atom stereocenters. The number of hydrogen-bond donors (Lipinski definition) is 1. The van der Waals surface area contributed by atoms with Crippen molar-refractivity contribution in [3.05, 3.63) is 66.1 Å². The van der Waals surface area contributed by atoms with Gasteiger partial charge in [-0.1, -0.05) is 25.1 Å². The molecule has 0 spiro atoms. The normalized spacial score (nSPS) is 12.4. The van der Waals surface area contributed by atoms with Gasteiger partial charge < -0.3 is 5.32 Å². The highest BCUT2D eigenvalue weighted by Crippen LogP contribution is 2.23. The van der Waals surface area contributed by atoms with Gasteiger partial charge >= 0.3 is 0 Å². The van der Waals surface area contributed by atoms with Crippen molar-refractivity contribution in [1.82, 2.24) is 20.5 Å². The fraction of sp³-hybridized carbons (Fsp3) is 0.235. The third-order valence-electron chi connectivity index (χ3n) is 3.62. The molecule has 1 aromatic carbocycles. The van der Waals surface area contributed by atoms with Crippen molar-refractivity contribution >= 4 is 10.9 Å². The van der Waals surface area contributed by atoms with E-state index in [1.807, 2.05) is 24.5 Å². The second kappa shape index (κ2) is 6.41. The summed E-state index contributed by atoms with van der Waals surface area (Å²) in [7, 11) is 0. The Morgan fingerprint density at radius 2 is 1.95 bits per heavy atom. The molecule has 1 N–H and O–H groups in total. The standard InChI is InChI=1S/C17H18N4/c1-2-18-17(14-8-10-20-21-12-14)11-13-7-9-19-16-6-4-3-5-15(13)16/h3-10,12,17-18H,2,11H2,1H3. The maximum absolute atomic E-state index is 4.43. The Bertz CT molecular complexity index is 707. The van der Waals surface area contributed by atoms with E-state index in [0.717, 1.165) is 24.0 Å². The number of hydrogen-bond acceptors (Lipinski definition) is 4. The maximum Gasteiger partial charge on any atom is 0.0704 e. The summed E-state index contributed by atoms with van der Waals surface area (Å²) in [5.74, 6) is 0. The lowest BCUT2D eigenvalue weighted by Gasteiger charge is -2.18. The molecule has 2 heterocycles. The molecule has 0 aliphatic heterocycles. The van der Waals surface area contributed by atoms with Crippen LogP contribution in [0.3, 0.4) is 0 Å². The second-order valence-electron chi connectivity index (χ2n) is 4.98. The average Bonchev–Trinajstić information content (AvgIpc) is 2.55. The predicted molar refractivity (Wildman–Crippen MR) is 83.9 cm³/mol. The molecule has 1 atom stereocenters. The first-order chi connectivity index (χ1) is 10.4. The topological polar surface area (TPSA) is 50.7 Å². The Morgan fingerprint density at radius 1 is 1.05 bits per heavy atom. The summed E-state index contributed by atoms with van der Waals surface area (Å²) in [4.78, 5) is 4.43. The van der Waals surface area contributed by atoms with Gasteiger partial charge in [0.05, 0.1) is 11.7 Å². The molecule has 0 saturated carbocycles. The van der Waals surface area contributed by atoms with E-state index in [0.29, 0.717) is 0 Å². The molecular weight excluding hydrogens is 260 g/mol. The highest BCUT2D eigenvalue weighted by molar-refractivity contribution is 5.81. The molecule has 3 aromatic rings. The van der Waals surface area contributed by atoms with Crippen molar-refractivity contribution in [1.29, 1.82) is 0 Å². The Labute approximate surface area is 124 Å². The summed E-state index contributed by atoms with van der Waals surface area (Å²) in [5, 5.41) is 12.6. The maximum atomic E-state index is 4.43. The molecule has 0 aliphatic carbocycles. The van der Waals surface area contributed by atoms with Gasteiger partial charge in [-0.2, -0.15) is 10.2 Å². The summed E-state index contributed by atoms with van der Waals surface area (Å²) in [6, 6.07) is 12.6. The second-order valence-corrected chi connectivity index (χ2v) is 4.98. The molecule has 0 amide bonds. The number of likely N-dealkylation sites (N-methyl/N-ethyl adjacent to an activating group) is 1. The molecule has 4 heteroatoms. The van der Waals surface area contributed by atoms with Crippen molar-refractivity contribution in [2.45, 2.75) is 19.4 Å². The number of fused-ring (bicyclic) bond motifs is 1. The number of rotatable bonds is 5. The van der Waals surface area contributed by atoms with Gasteiger partial charge in [-0.05, 0) is 42.3 Å². The highest BCUT2D eigenvalue weighted by Gasteiger charge is 2.13. The van der Waals surface area contributed by atoms with Gasteiger partial charge in [-0.3, -0.25) is 4.98 Å². The van der Waals surface area contributed by atoms with Crippen molar-refractivity contribution in [3.63, 3.8) is 0 Å². The Kier molecular flexibility index (Phi) is 4.17. The molecule has 2 aromatic heterocycles. The number of nitrogens with zero attached hydrogens (tertiary/aromatic N) is 3. The van der Waals surface area contributed by atoms with E-state index in [4.69, 9.17) is 0 Å². The Balaban J connectivity index is 1.95. The largest absolute Gasteiger partial charge is 0.310 e. The minimum atomic E-state index is 0.233. The van der Waals surface area contributed by atoms with Crippen molar-refractivity contribution < 1.29 is 0 Å². The summed E-state index contributed by atoms with van der Waals surface area (Å²) in [5.41, 5.74) is 3.49. The molecule has 0 saturated heterocycles. The van der Waals surface area contributed by atoms with Crippen molar-refractivity contribution in [2.24, 2.45) is 0 Å². The van der Waals surface area contributed by atoms with Gasteiger partial charge in [0.15, 0.2) is 0 Å². The first-order valence-electron chi connectivity index (χ1n) is 7.21. The summed E-state index contributed by atoms with van der Waals surface area (Å²) < 4.78 is 0. The molecule has 0 aliphatic rings. The lowest BCUT2D eigenvalue weighted by atomic mass is 9.98. The fourth-order valence-corrected chi connectivity index (χ4v) is 2.61. The van der Waals surface area contributed by atoms with Gasteiger partial charge in [0.25, 0.3) is 0 Å². The zero-order chi connectivity index (χ0) is 14.5. The number of nitrogens with one attached hydrogen (secondary N) is 1. The van der Waals surface area contributed by atoms with Crippen molar-refractivity contribution in [2.75, 3.05) is 6.54 Å². The zero-order valence-electron chi connectivity index (χ0n) is 12.0. The monoisotopic (exact) mass is 278 g/mol. The molecule has 21 heavy (non-hydrogen) atoms. The number of aromatic nitrogens is 3. The van der Waals surface area contributed by atoms with E-state index in [-0.39, 0.29) is 6.04 Å². The molecule has 3 rings (SSSR count). The van der Waals surface area contributed by atoms with Gasteiger partial charge in [-0.15, -0.1) is 0 Å². The summed E-state index contributed by atoms with van der Waals surface area (Å²) in [6.07, 6.45) is 6.36. The van der Waals surface area contributed by atoms with Crippen LogP contribution in [0.15, 0.2) is 55.0 Å². The van der Waals surface area contributed by atoms with E-state index in [1.165, 1.54) is 10.9 Å². The van der Waals surface area contributed by atoms with Crippen LogP contribution in [-0.2, 0) is 6.42 Å². The van der Waals surface area contributed by atoms with Crippen LogP contribution in [0.4, 0.5) is 0 Å². The number of para-hydroxylation sites is 1. The lowest BCUT2D eigenvalue weighted by molar-refractivity contribution is 0.548. The van der Waals surface area contributed by atoms with E-state index in [2.05, 4.69) is 51.7 Å². The van der Waals surface area contributed by atoms with Gasteiger partial charge in [0.2, 0.25) is 0 Å². The zero-order valence-corrected chi connectivity index (χ0v) is 12.0. The summed E-state index contributed by atoms with van der Waals surface area (Å²) >= 11 is 0. The van der Waals surface area contributed by atoms with Crippen LogP contribution in [0.2, 0.25) is 0 Å². The first kappa shape index (κ1) is 13.6. The van der Waals surface area contributed by atoms with Crippen molar-refractivity contribution in [3.8, 4) is 0 Å². The molecule has 0 fully saturated rings. The Morgan fingerprint density at radius 3 is 2.76 bits per heavy atom. The van der Waals surface area contributed by atoms with Gasteiger partial charge in [0.1, 0.15) is 0 Å². The average molecular weight is 278 g/mol. The van der Waals surface area contributed by atoms with Crippen LogP contribution >= 0.6 is 0 Å². The predicted octanol–water partition coefficient (Wildman–Crippen LogP) is 2.92. The number of benzene rings is 1. The van der Waals surface area contributed by atoms with E-state index < -0.39 is 0 Å². The van der Waals surface area contributed by atoms with Crippen LogP contribution in [0.25, 0.3) is 10.9 Å². The first-order valence-corrected chi connectivity index (χ1v) is 7.21. The van der Waals surface area contributed by atoms with Crippen LogP contribution in [0.1, 0.15) is 24.1 Å². The van der Waals surface area contributed by atoms with E-state index in [9.17, 15) is 0 Å². The molecular formula is C17H18N4. The smallest absolute Gasteiger partial charge is 0.0704 e. The third kappa shape index (κ3) is 3.06. The SMILES string of the molecule is CCNC(Cc1ccnc2ccccc12)c1ccnnc1. The van der Waals surface area contributed by atoms with Crippen LogP contribution < -0.4 is 5.32 Å². The van der Waals surface area contributed by atoms with Crippen LogP contribution in [0, 0.1) is 0 Å². The molecule has 4 nitrogen and oxygen atoms in total. The van der Waals surface area contributed by atoms with Gasteiger partial charge in [0, 0.05) is 23.8 Å². The minimum absolute atomic E-state index is 0.233. The van der Waals surface area contributed by atoms with E-state index >= 15 is 0 Å². The highest BCUT2D eigenvalue weighted by atomic mass is 15.1. The fourth-order valence-electron chi connectivity index (χ4n) is 2.61. The molecule has 0 radical (unpaired) electrons. The van der Waals surface area contributed by atoms with E-state index in [1.54, 1.807) is 6.20 Å². The lowest BCUT2D eigenvalue weighted by Crippen LogP contribution is -2.23. The quantitative estimate of drug-likeness (QED) is 0.779. The van der Waals surface area contributed by atoms with Crippen LogP contribution in [0.5, 0.6) is 0 Å². The van der Waals surface area contributed by atoms with Gasteiger partial charge in [-0.25, -0.2) is 0 Å². The number of pyridine rings is 1.